The van der Waals surface area contributed by atoms with Gasteiger partial charge in [-0.15, -0.1) is 0 Å². The minimum Gasteiger partial charge on any atom is -0.463 e. The highest BCUT2D eigenvalue weighted by molar-refractivity contribution is 5.87. The molecule has 0 saturated carbocycles. The van der Waals surface area contributed by atoms with Gasteiger partial charge < -0.3 is 4.42 Å². The molecule has 3 aromatic rings. The molecule has 0 aliphatic rings. The van der Waals surface area contributed by atoms with E-state index in [9.17, 15) is 9.59 Å². The molecule has 0 aliphatic carbocycles. The quantitative estimate of drug-likeness (QED) is 0.656. The number of fused-ring (bicyclic) bond motifs is 1. The van der Waals surface area contributed by atoms with Crippen LogP contribution in [0.3, 0.4) is 0 Å². The first kappa shape index (κ1) is 11.4. The van der Waals surface area contributed by atoms with E-state index >= 15 is 0 Å². The van der Waals surface area contributed by atoms with Crippen molar-refractivity contribution in [3.8, 4) is 11.1 Å². The fraction of sp³-hybridized carbons (Fsp3) is 0. The van der Waals surface area contributed by atoms with Crippen LogP contribution >= 0.6 is 0 Å². The summed E-state index contributed by atoms with van der Waals surface area (Å²) in [6.07, 6.45) is 2.18. The lowest BCUT2D eigenvalue weighted by Crippen LogP contribution is -2.05. The van der Waals surface area contributed by atoms with Crippen molar-refractivity contribution in [3.63, 3.8) is 0 Å². The zero-order valence-electron chi connectivity index (χ0n) is 10.00. The van der Waals surface area contributed by atoms with Crippen LogP contribution in [0.4, 0.5) is 0 Å². The van der Waals surface area contributed by atoms with E-state index in [1.54, 1.807) is 18.2 Å². The van der Waals surface area contributed by atoms with Crippen molar-refractivity contribution in [2.75, 3.05) is 0 Å². The molecule has 92 valence electrons. The van der Waals surface area contributed by atoms with Crippen LogP contribution in [0.5, 0.6) is 0 Å². The van der Waals surface area contributed by atoms with Gasteiger partial charge in [0.05, 0.1) is 10.9 Å². The van der Waals surface area contributed by atoms with Gasteiger partial charge in [-0.25, -0.2) is 0 Å². The molecule has 1 aromatic heterocycles. The van der Waals surface area contributed by atoms with Gasteiger partial charge in [-0.3, -0.25) is 9.59 Å². The Morgan fingerprint density at radius 1 is 1.00 bits per heavy atom. The first-order valence-electron chi connectivity index (χ1n) is 5.86. The van der Waals surface area contributed by atoms with Gasteiger partial charge in [0.2, 0.25) is 5.43 Å². The topological polar surface area (TPSA) is 47.3 Å². The maximum atomic E-state index is 12.4. The Hall–Kier alpha value is -2.68. The van der Waals surface area contributed by atoms with Gasteiger partial charge in [-0.2, -0.15) is 0 Å². The Bertz CT molecular complexity index is 801. The van der Waals surface area contributed by atoms with Crippen molar-refractivity contribution in [1.82, 2.24) is 0 Å². The molecule has 0 fully saturated rings. The number of hydrogen-bond donors (Lipinski definition) is 0. The second kappa shape index (κ2) is 4.53. The number of aldehydes is 1. The van der Waals surface area contributed by atoms with Crippen molar-refractivity contribution >= 4 is 17.3 Å². The molecule has 0 amide bonds. The van der Waals surface area contributed by atoms with Crippen LogP contribution in [0, 0.1) is 0 Å². The largest absolute Gasteiger partial charge is 0.463 e. The maximum Gasteiger partial charge on any atom is 0.200 e. The molecule has 1 heterocycles. The molecule has 0 atom stereocenters. The third kappa shape index (κ3) is 1.95. The summed E-state index contributed by atoms with van der Waals surface area (Å²) in [6, 6.07) is 14.1. The third-order valence-corrected chi connectivity index (χ3v) is 3.02. The Labute approximate surface area is 109 Å². The summed E-state index contributed by atoms with van der Waals surface area (Å²) < 4.78 is 5.46. The van der Waals surface area contributed by atoms with E-state index in [0.29, 0.717) is 28.4 Å². The van der Waals surface area contributed by atoms with Gasteiger partial charge in [0.1, 0.15) is 18.1 Å². The molecule has 0 bridgehead atoms. The molecule has 3 heteroatoms. The molecule has 0 unspecified atom stereocenters. The van der Waals surface area contributed by atoms with Crippen molar-refractivity contribution < 1.29 is 9.21 Å². The van der Waals surface area contributed by atoms with Crippen LogP contribution in [0.15, 0.2) is 64.0 Å². The summed E-state index contributed by atoms with van der Waals surface area (Å²) >= 11 is 0. The third-order valence-electron chi connectivity index (χ3n) is 3.02. The summed E-state index contributed by atoms with van der Waals surface area (Å²) in [6.45, 7) is 0. The summed E-state index contributed by atoms with van der Waals surface area (Å²) in [5.41, 5.74) is 2.11. The Balaban J connectivity index is 2.31. The average Bonchev–Trinajstić information content (AvgIpc) is 2.48. The molecule has 3 rings (SSSR count). The van der Waals surface area contributed by atoms with Crippen LogP contribution in [0.2, 0.25) is 0 Å². The highest BCUT2D eigenvalue weighted by Crippen LogP contribution is 2.19. The van der Waals surface area contributed by atoms with Crippen LogP contribution in [-0.4, -0.2) is 6.29 Å². The van der Waals surface area contributed by atoms with Crippen LogP contribution in [0.25, 0.3) is 22.1 Å². The maximum absolute atomic E-state index is 12.4. The van der Waals surface area contributed by atoms with E-state index in [4.69, 9.17) is 4.42 Å². The lowest BCUT2D eigenvalue weighted by atomic mass is 10.0. The van der Waals surface area contributed by atoms with Crippen molar-refractivity contribution in [2.24, 2.45) is 0 Å². The molecule has 0 aliphatic heterocycles. The molecule has 0 spiro atoms. The lowest BCUT2D eigenvalue weighted by molar-refractivity contribution is 0.112. The predicted octanol–water partition coefficient (Wildman–Crippen LogP) is 3.27. The van der Waals surface area contributed by atoms with E-state index in [0.717, 1.165) is 5.56 Å². The van der Waals surface area contributed by atoms with E-state index in [2.05, 4.69) is 0 Å². The lowest BCUT2D eigenvalue weighted by Gasteiger charge is -2.02. The first-order valence-corrected chi connectivity index (χ1v) is 5.86. The predicted molar refractivity (Wildman–Crippen MR) is 73.3 cm³/mol. The van der Waals surface area contributed by atoms with Crippen LogP contribution < -0.4 is 5.43 Å². The Morgan fingerprint density at radius 3 is 2.53 bits per heavy atom. The molecule has 0 saturated heterocycles. The Kier molecular flexibility index (Phi) is 2.72. The monoisotopic (exact) mass is 250 g/mol. The van der Waals surface area contributed by atoms with Gasteiger partial charge in [0.15, 0.2) is 0 Å². The van der Waals surface area contributed by atoms with E-state index < -0.39 is 0 Å². The highest BCUT2D eigenvalue weighted by Gasteiger charge is 2.09. The molecule has 2 aromatic carbocycles. The van der Waals surface area contributed by atoms with Crippen molar-refractivity contribution in [3.05, 3.63) is 70.6 Å². The fourth-order valence-electron chi connectivity index (χ4n) is 2.04. The molecule has 0 N–H and O–H groups in total. The summed E-state index contributed by atoms with van der Waals surface area (Å²) in [5, 5.41) is 0.422. The number of rotatable bonds is 2. The van der Waals surface area contributed by atoms with Gasteiger partial charge >= 0.3 is 0 Å². The van der Waals surface area contributed by atoms with Crippen molar-refractivity contribution in [1.29, 1.82) is 0 Å². The number of benzene rings is 2. The van der Waals surface area contributed by atoms with Crippen LogP contribution in [-0.2, 0) is 0 Å². The second-order valence-electron chi connectivity index (χ2n) is 4.22. The number of carbonyl (C=O) groups is 1. The number of carbonyl (C=O) groups excluding carboxylic acids is 1. The van der Waals surface area contributed by atoms with E-state index in [1.165, 1.54) is 6.26 Å². The molecular weight excluding hydrogens is 240 g/mol. The smallest absolute Gasteiger partial charge is 0.200 e. The van der Waals surface area contributed by atoms with Gasteiger partial charge in [0, 0.05) is 5.56 Å². The first-order chi connectivity index (χ1) is 9.29. The van der Waals surface area contributed by atoms with E-state index in [-0.39, 0.29) is 5.43 Å². The number of hydrogen-bond acceptors (Lipinski definition) is 3. The average molecular weight is 250 g/mol. The fourth-order valence-corrected chi connectivity index (χ4v) is 2.04. The molecular formula is C16H10O3. The second-order valence-corrected chi connectivity index (χ2v) is 4.22. The van der Waals surface area contributed by atoms with Crippen molar-refractivity contribution in [2.45, 2.75) is 0 Å². The minimum atomic E-state index is -0.129. The van der Waals surface area contributed by atoms with Gasteiger partial charge in [0.25, 0.3) is 0 Å². The summed E-state index contributed by atoms with van der Waals surface area (Å²) in [4.78, 5) is 23.2. The van der Waals surface area contributed by atoms with Crippen LogP contribution in [0.1, 0.15) is 10.4 Å². The van der Waals surface area contributed by atoms with Gasteiger partial charge in [-0.05, 0) is 23.8 Å². The molecule has 19 heavy (non-hydrogen) atoms. The summed E-state index contributed by atoms with van der Waals surface area (Å²) in [5.74, 6) is 0. The zero-order chi connectivity index (χ0) is 13.2. The standard InChI is InChI=1S/C16H10O3/c17-9-11-6-7-15-13(8-11)16(18)14(10-19-15)12-4-2-1-3-5-12/h1-10H. The highest BCUT2D eigenvalue weighted by atomic mass is 16.3. The SMILES string of the molecule is O=Cc1ccc2occ(-c3ccccc3)c(=O)c2c1. The minimum absolute atomic E-state index is 0.129. The molecule has 3 nitrogen and oxygen atoms in total. The zero-order valence-corrected chi connectivity index (χ0v) is 10.00. The normalized spacial score (nSPS) is 10.5. The Morgan fingerprint density at radius 2 is 1.79 bits per heavy atom. The summed E-state index contributed by atoms with van der Waals surface area (Å²) in [7, 11) is 0. The van der Waals surface area contributed by atoms with E-state index in [1.807, 2.05) is 30.3 Å². The van der Waals surface area contributed by atoms with Gasteiger partial charge in [-0.1, -0.05) is 30.3 Å². The molecule has 0 radical (unpaired) electrons.